The highest BCUT2D eigenvalue weighted by Crippen LogP contribution is 2.21. The van der Waals surface area contributed by atoms with Crippen LogP contribution in [0.15, 0.2) is 29.3 Å². The Kier molecular flexibility index (Phi) is 9.77. The predicted octanol–water partition coefficient (Wildman–Crippen LogP) is 2.07. The maximum atomic E-state index is 11.3. The molecule has 0 aliphatic carbocycles. The summed E-state index contributed by atoms with van der Waals surface area (Å²) < 4.78 is 6.06. The fourth-order valence-electron chi connectivity index (χ4n) is 3.83. The number of amides is 1. The topological polar surface area (TPSA) is 83.2 Å². The molecule has 0 bridgehead atoms. The van der Waals surface area contributed by atoms with Gasteiger partial charge in [-0.15, -0.1) is 0 Å². The van der Waals surface area contributed by atoms with Crippen molar-refractivity contribution in [3.05, 3.63) is 29.8 Å². The van der Waals surface area contributed by atoms with Gasteiger partial charge in [0.1, 0.15) is 12.4 Å². The molecule has 1 aromatic carbocycles. The van der Waals surface area contributed by atoms with Crippen LogP contribution in [0.1, 0.15) is 38.7 Å². The van der Waals surface area contributed by atoms with Gasteiger partial charge in [0, 0.05) is 45.2 Å². The first-order valence-electron chi connectivity index (χ1n) is 10.7. The van der Waals surface area contributed by atoms with Crippen molar-refractivity contribution in [3.8, 4) is 5.75 Å². The quantitative estimate of drug-likeness (QED) is 0.462. The van der Waals surface area contributed by atoms with Gasteiger partial charge in [-0.2, -0.15) is 0 Å². The van der Waals surface area contributed by atoms with E-state index in [1.165, 1.54) is 0 Å². The number of aliphatic imine (C=N–C) groups is 1. The third kappa shape index (κ3) is 7.57. The first kappa shape index (κ1) is 23.0. The molecule has 162 valence electrons. The molecule has 0 aromatic heterocycles. The van der Waals surface area contributed by atoms with Crippen LogP contribution in [0.2, 0.25) is 0 Å². The summed E-state index contributed by atoms with van der Waals surface area (Å²) in [4.78, 5) is 20.3. The summed E-state index contributed by atoms with van der Waals surface area (Å²) >= 11 is 0. The van der Waals surface area contributed by atoms with Crippen LogP contribution >= 0.6 is 0 Å². The van der Waals surface area contributed by atoms with Gasteiger partial charge in [0.05, 0.1) is 0 Å². The highest BCUT2D eigenvalue weighted by atomic mass is 16.5. The summed E-state index contributed by atoms with van der Waals surface area (Å²) in [6.45, 7) is 10.4. The van der Waals surface area contributed by atoms with Gasteiger partial charge in [0.15, 0.2) is 5.96 Å². The van der Waals surface area contributed by atoms with Crippen molar-refractivity contribution in [2.24, 2.45) is 16.6 Å². The number of nitrogens with two attached hydrogens (primary N) is 1. The van der Waals surface area contributed by atoms with Crippen molar-refractivity contribution in [2.45, 2.75) is 39.7 Å². The average Bonchev–Trinajstić information content (AvgIpc) is 2.72. The van der Waals surface area contributed by atoms with E-state index in [4.69, 9.17) is 10.5 Å². The SMILES string of the molecule is CCN(CC)CCOc1ccccc1CNC(=NC)N1CCCC(CC(N)=O)C1. The highest BCUT2D eigenvalue weighted by molar-refractivity contribution is 5.80. The van der Waals surface area contributed by atoms with Crippen molar-refractivity contribution in [3.63, 3.8) is 0 Å². The zero-order chi connectivity index (χ0) is 21.1. The lowest BCUT2D eigenvalue weighted by Crippen LogP contribution is -2.46. The molecule has 1 amide bonds. The largest absolute Gasteiger partial charge is 0.492 e. The van der Waals surface area contributed by atoms with Gasteiger partial charge >= 0.3 is 0 Å². The molecule has 0 saturated carbocycles. The number of piperidine rings is 1. The number of likely N-dealkylation sites (tertiary alicyclic amines) is 1. The summed E-state index contributed by atoms with van der Waals surface area (Å²) in [5, 5.41) is 3.46. The van der Waals surface area contributed by atoms with E-state index < -0.39 is 0 Å². The van der Waals surface area contributed by atoms with E-state index in [1.54, 1.807) is 7.05 Å². The molecule has 1 saturated heterocycles. The number of hydrogen-bond acceptors (Lipinski definition) is 4. The highest BCUT2D eigenvalue weighted by Gasteiger charge is 2.23. The molecule has 1 atom stereocenters. The standard InChI is InChI=1S/C22H37N5O2/c1-4-26(5-2)13-14-29-20-11-7-6-10-19(20)16-25-22(24-3)27-12-8-9-18(17-27)15-21(23)28/h6-7,10-11,18H,4-5,8-9,12-17H2,1-3H3,(H2,23,28)(H,24,25). The molecule has 0 radical (unpaired) electrons. The lowest BCUT2D eigenvalue weighted by Gasteiger charge is -2.34. The second-order valence-corrected chi connectivity index (χ2v) is 7.51. The van der Waals surface area contributed by atoms with Crippen LogP contribution in [-0.4, -0.2) is 68.0 Å². The number of ether oxygens (including phenoxy) is 1. The fraction of sp³-hybridized carbons (Fsp3) is 0.636. The lowest BCUT2D eigenvalue weighted by molar-refractivity contribution is -0.119. The predicted molar refractivity (Wildman–Crippen MR) is 118 cm³/mol. The number of benzene rings is 1. The van der Waals surface area contributed by atoms with E-state index in [1.807, 2.05) is 18.2 Å². The van der Waals surface area contributed by atoms with Crippen LogP contribution in [0.5, 0.6) is 5.75 Å². The second kappa shape index (κ2) is 12.3. The molecular formula is C22H37N5O2. The summed E-state index contributed by atoms with van der Waals surface area (Å²) in [6.07, 6.45) is 2.53. The monoisotopic (exact) mass is 403 g/mol. The van der Waals surface area contributed by atoms with E-state index in [0.29, 0.717) is 25.5 Å². The number of primary amides is 1. The third-order valence-electron chi connectivity index (χ3n) is 5.49. The number of likely N-dealkylation sites (N-methyl/N-ethyl adjacent to an activating group) is 1. The molecule has 1 unspecified atom stereocenters. The Balaban J connectivity index is 1.91. The number of nitrogens with zero attached hydrogens (tertiary/aromatic N) is 3. The van der Waals surface area contributed by atoms with Crippen molar-refractivity contribution in [1.82, 2.24) is 15.1 Å². The van der Waals surface area contributed by atoms with Crippen molar-refractivity contribution in [2.75, 3.05) is 46.4 Å². The van der Waals surface area contributed by atoms with E-state index in [-0.39, 0.29) is 5.91 Å². The zero-order valence-electron chi connectivity index (χ0n) is 18.2. The number of para-hydroxylation sites is 1. The lowest BCUT2D eigenvalue weighted by atomic mass is 9.95. The van der Waals surface area contributed by atoms with Crippen LogP contribution in [0.3, 0.4) is 0 Å². The number of hydrogen-bond donors (Lipinski definition) is 2. The molecule has 1 aliphatic rings. The van der Waals surface area contributed by atoms with Crippen LogP contribution < -0.4 is 15.8 Å². The van der Waals surface area contributed by atoms with Gasteiger partial charge < -0.3 is 25.6 Å². The maximum Gasteiger partial charge on any atom is 0.217 e. The summed E-state index contributed by atoms with van der Waals surface area (Å²) in [6, 6.07) is 8.13. The van der Waals surface area contributed by atoms with E-state index in [9.17, 15) is 4.79 Å². The minimum atomic E-state index is -0.226. The first-order chi connectivity index (χ1) is 14.1. The molecule has 0 spiro atoms. The number of nitrogens with one attached hydrogen (secondary N) is 1. The molecule has 29 heavy (non-hydrogen) atoms. The molecule has 7 nitrogen and oxygen atoms in total. The number of guanidine groups is 1. The van der Waals surface area contributed by atoms with E-state index in [0.717, 1.165) is 62.8 Å². The zero-order valence-corrected chi connectivity index (χ0v) is 18.2. The average molecular weight is 404 g/mol. The second-order valence-electron chi connectivity index (χ2n) is 7.51. The van der Waals surface area contributed by atoms with Gasteiger partial charge in [-0.1, -0.05) is 32.0 Å². The third-order valence-corrected chi connectivity index (χ3v) is 5.49. The minimum Gasteiger partial charge on any atom is -0.492 e. The Morgan fingerprint density at radius 2 is 2.10 bits per heavy atom. The van der Waals surface area contributed by atoms with Crippen molar-refractivity contribution >= 4 is 11.9 Å². The number of carbonyl (C=O) groups excluding carboxylic acids is 1. The smallest absolute Gasteiger partial charge is 0.217 e. The van der Waals surface area contributed by atoms with Crippen LogP contribution in [0.25, 0.3) is 0 Å². The Labute approximate surface area is 175 Å². The van der Waals surface area contributed by atoms with Crippen molar-refractivity contribution in [1.29, 1.82) is 0 Å². The minimum absolute atomic E-state index is 0.226. The molecule has 1 aliphatic heterocycles. The molecule has 7 heteroatoms. The molecule has 3 N–H and O–H groups in total. The first-order valence-corrected chi connectivity index (χ1v) is 10.7. The molecule has 1 aromatic rings. The summed E-state index contributed by atoms with van der Waals surface area (Å²) in [5.41, 5.74) is 6.49. The van der Waals surface area contributed by atoms with Crippen LogP contribution in [-0.2, 0) is 11.3 Å². The Morgan fingerprint density at radius 1 is 1.34 bits per heavy atom. The molecule has 1 heterocycles. The molecular weight excluding hydrogens is 366 g/mol. The Bertz CT molecular complexity index is 660. The van der Waals surface area contributed by atoms with Gasteiger partial charge in [-0.3, -0.25) is 9.79 Å². The van der Waals surface area contributed by atoms with Gasteiger partial charge in [-0.05, 0) is 37.9 Å². The fourth-order valence-corrected chi connectivity index (χ4v) is 3.83. The van der Waals surface area contributed by atoms with Gasteiger partial charge in [0.25, 0.3) is 0 Å². The maximum absolute atomic E-state index is 11.3. The Hall–Kier alpha value is -2.28. The molecule has 2 rings (SSSR count). The normalized spacial score (nSPS) is 17.4. The number of carbonyl (C=O) groups is 1. The van der Waals surface area contributed by atoms with E-state index >= 15 is 0 Å². The summed E-state index contributed by atoms with van der Waals surface area (Å²) in [5.74, 6) is 1.84. The van der Waals surface area contributed by atoms with Crippen molar-refractivity contribution < 1.29 is 9.53 Å². The van der Waals surface area contributed by atoms with Crippen LogP contribution in [0.4, 0.5) is 0 Å². The van der Waals surface area contributed by atoms with Gasteiger partial charge in [-0.25, -0.2) is 0 Å². The Morgan fingerprint density at radius 3 is 2.79 bits per heavy atom. The molecule has 1 fully saturated rings. The van der Waals surface area contributed by atoms with Gasteiger partial charge in [0.2, 0.25) is 5.91 Å². The number of rotatable bonds is 10. The van der Waals surface area contributed by atoms with Crippen LogP contribution in [0, 0.1) is 5.92 Å². The summed E-state index contributed by atoms with van der Waals surface area (Å²) in [7, 11) is 1.80. The van der Waals surface area contributed by atoms with E-state index in [2.05, 4.69) is 40.0 Å².